The zero-order valence-corrected chi connectivity index (χ0v) is 13.5. The Morgan fingerprint density at radius 3 is 2.58 bits per heavy atom. The van der Waals surface area contributed by atoms with Gasteiger partial charge in [-0.05, 0) is 25.1 Å². The predicted octanol–water partition coefficient (Wildman–Crippen LogP) is 4.13. The number of hydrogen-bond donors (Lipinski definition) is 0. The molecule has 0 radical (unpaired) electrons. The van der Waals surface area contributed by atoms with Crippen LogP contribution in [-0.2, 0) is 6.61 Å². The zero-order chi connectivity index (χ0) is 16.9. The van der Waals surface area contributed by atoms with Crippen molar-refractivity contribution >= 4 is 5.78 Å². The molecule has 0 saturated carbocycles. The third-order valence-electron chi connectivity index (χ3n) is 3.57. The van der Waals surface area contributed by atoms with Gasteiger partial charge in [-0.3, -0.25) is 4.79 Å². The lowest BCUT2D eigenvalue weighted by atomic mass is 10.1. The van der Waals surface area contributed by atoms with E-state index < -0.39 is 0 Å². The highest BCUT2D eigenvalue weighted by Crippen LogP contribution is 2.29. The maximum Gasteiger partial charge on any atom is 0.174 e. The van der Waals surface area contributed by atoms with E-state index in [1.54, 1.807) is 18.2 Å². The highest BCUT2D eigenvalue weighted by Gasteiger charge is 2.11. The van der Waals surface area contributed by atoms with Crippen LogP contribution in [0.5, 0.6) is 11.5 Å². The summed E-state index contributed by atoms with van der Waals surface area (Å²) < 4.78 is 16.3. The Morgan fingerprint density at radius 2 is 1.88 bits per heavy atom. The molecule has 0 N–H and O–H groups in total. The van der Waals surface area contributed by atoms with Gasteiger partial charge >= 0.3 is 0 Å². The molecule has 0 aliphatic heterocycles. The molecule has 0 bridgehead atoms. The number of ether oxygens (including phenoxy) is 2. The van der Waals surface area contributed by atoms with Crippen molar-refractivity contribution in [2.75, 3.05) is 7.11 Å². The molecule has 24 heavy (non-hydrogen) atoms. The largest absolute Gasteiger partial charge is 0.493 e. The number of rotatable bonds is 6. The lowest BCUT2D eigenvalue weighted by Crippen LogP contribution is -1.99. The van der Waals surface area contributed by atoms with Crippen LogP contribution in [0.25, 0.3) is 11.3 Å². The highest BCUT2D eigenvalue weighted by molar-refractivity contribution is 5.94. The van der Waals surface area contributed by atoms with E-state index in [4.69, 9.17) is 14.0 Å². The van der Waals surface area contributed by atoms with Gasteiger partial charge in [0.25, 0.3) is 0 Å². The number of Topliss-reactive ketones (excluding diaryl/α,β-unsaturated/α-hetero) is 1. The summed E-state index contributed by atoms with van der Waals surface area (Å²) in [4.78, 5) is 11.4. The summed E-state index contributed by atoms with van der Waals surface area (Å²) in [7, 11) is 1.54. The number of benzene rings is 2. The van der Waals surface area contributed by atoms with Crippen LogP contribution in [0, 0.1) is 0 Å². The van der Waals surface area contributed by atoms with Gasteiger partial charge in [-0.15, -0.1) is 0 Å². The van der Waals surface area contributed by atoms with Crippen molar-refractivity contribution < 1.29 is 18.8 Å². The Labute approximate surface area is 139 Å². The van der Waals surface area contributed by atoms with Crippen LogP contribution in [0.3, 0.4) is 0 Å². The summed E-state index contributed by atoms with van der Waals surface area (Å²) in [5.74, 6) is 1.62. The molecule has 0 fully saturated rings. The maximum atomic E-state index is 11.4. The third-order valence-corrected chi connectivity index (χ3v) is 3.57. The van der Waals surface area contributed by atoms with Crippen molar-refractivity contribution in [1.29, 1.82) is 0 Å². The number of hydrogen-bond acceptors (Lipinski definition) is 5. The number of nitrogens with zero attached hydrogens (tertiary/aromatic N) is 1. The average Bonchev–Trinajstić information content (AvgIpc) is 3.09. The molecular formula is C19H17NO4. The van der Waals surface area contributed by atoms with E-state index in [-0.39, 0.29) is 12.4 Å². The quantitative estimate of drug-likeness (QED) is 0.638. The van der Waals surface area contributed by atoms with Crippen molar-refractivity contribution in [1.82, 2.24) is 5.16 Å². The van der Waals surface area contributed by atoms with Gasteiger partial charge in [-0.2, -0.15) is 0 Å². The van der Waals surface area contributed by atoms with Crippen LogP contribution in [-0.4, -0.2) is 18.0 Å². The van der Waals surface area contributed by atoms with E-state index in [1.165, 1.54) is 14.0 Å². The molecular weight excluding hydrogens is 306 g/mol. The maximum absolute atomic E-state index is 11.4. The summed E-state index contributed by atoms with van der Waals surface area (Å²) in [5, 5.41) is 4.05. The van der Waals surface area contributed by atoms with Crippen molar-refractivity contribution in [3.63, 3.8) is 0 Å². The van der Waals surface area contributed by atoms with Gasteiger partial charge in [0.2, 0.25) is 0 Å². The molecule has 0 aliphatic rings. The lowest BCUT2D eigenvalue weighted by Gasteiger charge is -2.10. The molecule has 1 aromatic heterocycles. The first-order valence-corrected chi connectivity index (χ1v) is 7.50. The van der Waals surface area contributed by atoms with Crippen LogP contribution in [0.2, 0.25) is 0 Å². The molecule has 1 heterocycles. The van der Waals surface area contributed by atoms with Crippen LogP contribution < -0.4 is 9.47 Å². The molecule has 0 spiro atoms. The number of aromatic nitrogens is 1. The second-order valence-corrected chi connectivity index (χ2v) is 5.25. The molecule has 5 heteroatoms. The minimum Gasteiger partial charge on any atom is -0.493 e. The molecule has 3 aromatic rings. The Bertz CT molecular complexity index is 840. The Hall–Kier alpha value is -3.08. The molecule has 2 aromatic carbocycles. The SMILES string of the molecule is COc1cc(C(C)=O)ccc1OCc1cc(-c2ccccc2)no1. The zero-order valence-electron chi connectivity index (χ0n) is 13.5. The molecule has 122 valence electrons. The van der Waals surface area contributed by atoms with Crippen molar-refractivity contribution in [2.24, 2.45) is 0 Å². The number of carbonyl (C=O) groups excluding carboxylic acids is 1. The number of carbonyl (C=O) groups is 1. The van der Waals surface area contributed by atoms with Gasteiger partial charge in [0.1, 0.15) is 12.3 Å². The first kappa shape index (κ1) is 15.8. The van der Waals surface area contributed by atoms with Gasteiger partial charge in [0.05, 0.1) is 7.11 Å². The fourth-order valence-corrected chi connectivity index (χ4v) is 2.28. The van der Waals surface area contributed by atoms with E-state index in [2.05, 4.69) is 5.16 Å². The number of ketones is 1. The van der Waals surface area contributed by atoms with Crippen LogP contribution in [0.15, 0.2) is 59.1 Å². The fourth-order valence-electron chi connectivity index (χ4n) is 2.28. The van der Waals surface area contributed by atoms with Crippen molar-refractivity contribution in [3.8, 4) is 22.8 Å². The first-order valence-electron chi connectivity index (χ1n) is 7.50. The van der Waals surface area contributed by atoms with Gasteiger partial charge in [0, 0.05) is 17.2 Å². The van der Waals surface area contributed by atoms with Crippen LogP contribution >= 0.6 is 0 Å². The topological polar surface area (TPSA) is 61.6 Å². The van der Waals surface area contributed by atoms with Crippen molar-refractivity contribution in [3.05, 3.63) is 65.9 Å². The summed E-state index contributed by atoms with van der Waals surface area (Å²) in [6.07, 6.45) is 0. The van der Waals surface area contributed by atoms with Gasteiger partial charge < -0.3 is 14.0 Å². The monoisotopic (exact) mass is 323 g/mol. The van der Waals surface area contributed by atoms with Gasteiger partial charge in [-0.25, -0.2) is 0 Å². The van der Waals surface area contributed by atoms with E-state index in [1.807, 2.05) is 36.4 Å². The Balaban J connectivity index is 1.72. The van der Waals surface area contributed by atoms with Gasteiger partial charge in [-0.1, -0.05) is 35.5 Å². The molecule has 0 amide bonds. The van der Waals surface area contributed by atoms with E-state index >= 15 is 0 Å². The van der Waals surface area contributed by atoms with Crippen LogP contribution in [0.1, 0.15) is 23.0 Å². The second kappa shape index (κ2) is 7.00. The average molecular weight is 323 g/mol. The molecule has 0 saturated heterocycles. The lowest BCUT2D eigenvalue weighted by molar-refractivity contribution is 0.101. The fraction of sp³-hybridized carbons (Fsp3) is 0.158. The molecule has 0 atom stereocenters. The first-order chi connectivity index (χ1) is 11.7. The Kier molecular flexibility index (Phi) is 4.61. The van der Waals surface area contributed by atoms with E-state index in [0.717, 1.165) is 11.3 Å². The normalized spacial score (nSPS) is 10.4. The Morgan fingerprint density at radius 1 is 1.08 bits per heavy atom. The summed E-state index contributed by atoms with van der Waals surface area (Å²) in [5.41, 5.74) is 2.31. The minimum atomic E-state index is -0.0254. The van der Waals surface area contributed by atoms with Gasteiger partial charge in [0.15, 0.2) is 23.0 Å². The van der Waals surface area contributed by atoms with Crippen molar-refractivity contribution in [2.45, 2.75) is 13.5 Å². The summed E-state index contributed by atoms with van der Waals surface area (Å²) >= 11 is 0. The third kappa shape index (κ3) is 3.46. The second-order valence-electron chi connectivity index (χ2n) is 5.25. The smallest absolute Gasteiger partial charge is 0.174 e. The molecule has 3 rings (SSSR count). The molecule has 0 unspecified atom stereocenters. The molecule has 5 nitrogen and oxygen atoms in total. The predicted molar refractivity (Wildman–Crippen MR) is 89.3 cm³/mol. The van der Waals surface area contributed by atoms with E-state index in [9.17, 15) is 4.79 Å². The summed E-state index contributed by atoms with van der Waals surface area (Å²) in [6, 6.07) is 16.7. The minimum absolute atomic E-state index is 0.0254. The molecule has 0 aliphatic carbocycles. The van der Waals surface area contributed by atoms with E-state index in [0.29, 0.717) is 22.8 Å². The standard InChI is InChI=1S/C19H17NO4/c1-13(21)15-8-9-18(19(10-15)22-2)23-12-16-11-17(20-24-16)14-6-4-3-5-7-14/h3-11H,12H2,1-2H3. The highest BCUT2D eigenvalue weighted by atomic mass is 16.5. The number of methoxy groups -OCH3 is 1. The van der Waals surface area contributed by atoms with Crippen LogP contribution in [0.4, 0.5) is 0 Å². The summed E-state index contributed by atoms with van der Waals surface area (Å²) in [6.45, 7) is 1.73.